The van der Waals surface area contributed by atoms with Crippen molar-refractivity contribution >= 4 is 27.4 Å². The standard InChI is InChI=1S/C13H14O2S/c1-8-7-16-10-6-4-5-9(11(8)10)13(2,3)12(14)15/h4-7H,1-3H3,(H,14,15). The van der Waals surface area contributed by atoms with Crippen LogP contribution in [0.3, 0.4) is 0 Å². The summed E-state index contributed by atoms with van der Waals surface area (Å²) in [7, 11) is 0. The fraction of sp³-hybridized carbons (Fsp3) is 0.308. The first-order valence-corrected chi connectivity index (χ1v) is 6.03. The van der Waals surface area contributed by atoms with Crippen LogP contribution in [-0.2, 0) is 10.2 Å². The average molecular weight is 234 g/mol. The number of rotatable bonds is 2. The van der Waals surface area contributed by atoms with Gasteiger partial charge in [-0.2, -0.15) is 0 Å². The van der Waals surface area contributed by atoms with E-state index < -0.39 is 11.4 Å². The minimum atomic E-state index is -0.842. The molecule has 2 nitrogen and oxygen atoms in total. The van der Waals surface area contributed by atoms with Crippen molar-refractivity contribution in [1.82, 2.24) is 0 Å². The summed E-state index contributed by atoms with van der Waals surface area (Å²) in [4.78, 5) is 11.3. The van der Waals surface area contributed by atoms with E-state index in [1.165, 1.54) is 0 Å². The topological polar surface area (TPSA) is 37.3 Å². The second-order valence-corrected chi connectivity index (χ2v) is 5.44. The Morgan fingerprint density at radius 2 is 2.06 bits per heavy atom. The van der Waals surface area contributed by atoms with Gasteiger partial charge < -0.3 is 5.11 Å². The lowest BCUT2D eigenvalue weighted by Gasteiger charge is -2.21. The monoisotopic (exact) mass is 234 g/mol. The molecule has 0 aliphatic heterocycles. The van der Waals surface area contributed by atoms with E-state index in [9.17, 15) is 9.90 Å². The molecule has 1 N–H and O–H groups in total. The molecule has 0 fully saturated rings. The number of carbonyl (C=O) groups is 1. The van der Waals surface area contributed by atoms with Crippen molar-refractivity contribution in [3.05, 3.63) is 34.7 Å². The normalized spacial score (nSPS) is 11.9. The highest BCUT2D eigenvalue weighted by Crippen LogP contribution is 2.35. The van der Waals surface area contributed by atoms with Gasteiger partial charge in [0.25, 0.3) is 0 Å². The Hall–Kier alpha value is -1.35. The number of carboxylic acid groups (broad SMARTS) is 1. The van der Waals surface area contributed by atoms with E-state index in [-0.39, 0.29) is 0 Å². The van der Waals surface area contributed by atoms with Crippen LogP contribution in [0, 0.1) is 6.92 Å². The highest BCUT2D eigenvalue weighted by atomic mass is 32.1. The van der Waals surface area contributed by atoms with Gasteiger partial charge in [0.2, 0.25) is 0 Å². The lowest BCUT2D eigenvalue weighted by molar-refractivity contribution is -0.142. The van der Waals surface area contributed by atoms with Crippen molar-refractivity contribution in [2.75, 3.05) is 0 Å². The predicted octanol–water partition coefficient (Wildman–Crippen LogP) is 3.57. The quantitative estimate of drug-likeness (QED) is 0.862. The molecule has 0 bridgehead atoms. The molecule has 2 rings (SSSR count). The minimum Gasteiger partial charge on any atom is -0.481 e. The first-order valence-electron chi connectivity index (χ1n) is 5.15. The molecule has 0 radical (unpaired) electrons. The molecule has 0 unspecified atom stereocenters. The van der Waals surface area contributed by atoms with Crippen molar-refractivity contribution in [1.29, 1.82) is 0 Å². The molecule has 84 valence electrons. The van der Waals surface area contributed by atoms with Crippen LogP contribution in [0.25, 0.3) is 10.1 Å². The summed E-state index contributed by atoms with van der Waals surface area (Å²) in [6.45, 7) is 5.53. The number of aliphatic carboxylic acids is 1. The predicted molar refractivity (Wildman–Crippen MR) is 67.2 cm³/mol. The molecule has 1 aromatic heterocycles. The minimum absolute atomic E-state index is 0.786. The molecule has 0 aliphatic carbocycles. The first kappa shape index (κ1) is 11.1. The highest BCUT2D eigenvalue weighted by molar-refractivity contribution is 7.17. The van der Waals surface area contributed by atoms with Gasteiger partial charge in [0, 0.05) is 4.70 Å². The third-order valence-electron chi connectivity index (χ3n) is 2.99. The van der Waals surface area contributed by atoms with E-state index in [0.717, 1.165) is 21.2 Å². The summed E-state index contributed by atoms with van der Waals surface area (Å²) in [5.41, 5.74) is 1.21. The zero-order valence-corrected chi connectivity index (χ0v) is 10.4. The van der Waals surface area contributed by atoms with Crippen LogP contribution in [0.5, 0.6) is 0 Å². The average Bonchev–Trinajstić information content (AvgIpc) is 2.60. The molecule has 16 heavy (non-hydrogen) atoms. The first-order chi connectivity index (χ1) is 7.44. The molecule has 0 saturated heterocycles. The van der Waals surface area contributed by atoms with Gasteiger partial charge in [-0.25, -0.2) is 0 Å². The number of hydrogen-bond donors (Lipinski definition) is 1. The van der Waals surface area contributed by atoms with Gasteiger partial charge in [-0.05, 0) is 48.7 Å². The van der Waals surface area contributed by atoms with Crippen molar-refractivity contribution in [2.45, 2.75) is 26.2 Å². The number of fused-ring (bicyclic) bond motifs is 1. The largest absolute Gasteiger partial charge is 0.481 e. The zero-order chi connectivity index (χ0) is 11.9. The Morgan fingerprint density at radius 1 is 1.38 bits per heavy atom. The van der Waals surface area contributed by atoms with Crippen LogP contribution < -0.4 is 0 Å². The number of hydrogen-bond acceptors (Lipinski definition) is 2. The molecule has 3 heteroatoms. The molecular weight excluding hydrogens is 220 g/mol. The maximum Gasteiger partial charge on any atom is 0.313 e. The second-order valence-electron chi connectivity index (χ2n) is 4.53. The van der Waals surface area contributed by atoms with Gasteiger partial charge in [0.1, 0.15) is 0 Å². The Labute approximate surface area is 98.5 Å². The SMILES string of the molecule is Cc1csc2cccc(C(C)(C)C(=O)O)c12. The van der Waals surface area contributed by atoms with Crippen LogP contribution in [0.2, 0.25) is 0 Å². The van der Waals surface area contributed by atoms with Crippen molar-refractivity contribution in [3.8, 4) is 0 Å². The summed E-state index contributed by atoms with van der Waals surface area (Å²) in [5, 5.41) is 12.5. The Bertz CT molecular complexity index is 552. The Kier molecular flexibility index (Phi) is 2.50. The van der Waals surface area contributed by atoms with Gasteiger partial charge in [-0.15, -0.1) is 11.3 Å². The second kappa shape index (κ2) is 3.59. The Balaban J connectivity index is 2.78. The molecule has 0 aliphatic rings. The number of thiophene rings is 1. The summed E-state index contributed by atoms with van der Waals surface area (Å²) in [6.07, 6.45) is 0. The highest BCUT2D eigenvalue weighted by Gasteiger charge is 2.31. The van der Waals surface area contributed by atoms with Crippen LogP contribution in [-0.4, -0.2) is 11.1 Å². The van der Waals surface area contributed by atoms with Gasteiger partial charge in [0.15, 0.2) is 0 Å². The maximum absolute atomic E-state index is 11.3. The van der Waals surface area contributed by atoms with Crippen molar-refractivity contribution in [3.63, 3.8) is 0 Å². The third kappa shape index (κ3) is 1.52. The van der Waals surface area contributed by atoms with E-state index in [1.54, 1.807) is 25.2 Å². The molecule has 0 spiro atoms. The molecular formula is C13H14O2S. The van der Waals surface area contributed by atoms with Crippen LogP contribution in [0.15, 0.2) is 23.6 Å². The third-order valence-corrected chi connectivity index (χ3v) is 4.06. The number of benzene rings is 1. The van der Waals surface area contributed by atoms with E-state index in [1.807, 2.05) is 25.1 Å². The van der Waals surface area contributed by atoms with Crippen LogP contribution in [0.4, 0.5) is 0 Å². The molecule has 0 atom stereocenters. The fourth-order valence-corrected chi connectivity index (χ4v) is 2.85. The van der Waals surface area contributed by atoms with Crippen LogP contribution in [0.1, 0.15) is 25.0 Å². The molecule has 1 heterocycles. The summed E-state index contributed by atoms with van der Waals surface area (Å²) >= 11 is 1.66. The molecule has 1 aromatic carbocycles. The van der Waals surface area contributed by atoms with Crippen molar-refractivity contribution < 1.29 is 9.90 Å². The Morgan fingerprint density at radius 3 is 2.69 bits per heavy atom. The van der Waals surface area contributed by atoms with E-state index in [2.05, 4.69) is 5.38 Å². The lowest BCUT2D eigenvalue weighted by atomic mass is 9.82. The lowest BCUT2D eigenvalue weighted by Crippen LogP contribution is -2.28. The van der Waals surface area contributed by atoms with Gasteiger partial charge in [0.05, 0.1) is 5.41 Å². The van der Waals surface area contributed by atoms with Gasteiger partial charge in [-0.1, -0.05) is 12.1 Å². The van der Waals surface area contributed by atoms with Gasteiger partial charge in [-0.3, -0.25) is 4.79 Å². The van der Waals surface area contributed by atoms with E-state index in [0.29, 0.717) is 0 Å². The molecule has 2 aromatic rings. The summed E-state index contributed by atoms with van der Waals surface area (Å²) in [5.74, 6) is -0.786. The maximum atomic E-state index is 11.3. The smallest absolute Gasteiger partial charge is 0.313 e. The summed E-state index contributed by atoms with van der Waals surface area (Å²) in [6, 6.07) is 5.88. The van der Waals surface area contributed by atoms with Crippen LogP contribution >= 0.6 is 11.3 Å². The van der Waals surface area contributed by atoms with Gasteiger partial charge >= 0.3 is 5.97 Å². The molecule has 0 saturated carbocycles. The van der Waals surface area contributed by atoms with E-state index >= 15 is 0 Å². The zero-order valence-electron chi connectivity index (χ0n) is 9.57. The molecule has 0 amide bonds. The fourth-order valence-electron chi connectivity index (χ4n) is 1.88. The van der Waals surface area contributed by atoms with E-state index in [4.69, 9.17) is 0 Å². The summed E-state index contributed by atoms with van der Waals surface area (Å²) < 4.78 is 1.16. The number of carboxylic acids is 1. The van der Waals surface area contributed by atoms with Crippen molar-refractivity contribution in [2.24, 2.45) is 0 Å². The number of aryl methyl sites for hydroxylation is 1.